The minimum absolute atomic E-state index is 0.327. The Hall–Kier alpha value is -1.08. The van der Waals surface area contributed by atoms with Gasteiger partial charge in [-0.3, -0.25) is 0 Å². The summed E-state index contributed by atoms with van der Waals surface area (Å²) in [7, 11) is 0. The van der Waals surface area contributed by atoms with Crippen LogP contribution in [0, 0.1) is 35.0 Å². The lowest BCUT2D eigenvalue weighted by Crippen LogP contribution is -2.49. The Bertz CT molecular complexity index is 744. The molecule has 1 aromatic rings. The molecular formula is C26H37N. The van der Waals surface area contributed by atoms with Crippen molar-refractivity contribution in [1.82, 2.24) is 5.32 Å². The second-order valence-corrected chi connectivity index (χ2v) is 10.9. The van der Waals surface area contributed by atoms with E-state index in [0.29, 0.717) is 11.3 Å². The lowest BCUT2D eigenvalue weighted by molar-refractivity contribution is 0.0461. The topological polar surface area (TPSA) is 12.0 Å². The van der Waals surface area contributed by atoms with Gasteiger partial charge in [-0.05, 0) is 91.7 Å². The van der Waals surface area contributed by atoms with Crippen molar-refractivity contribution in [2.75, 3.05) is 6.54 Å². The summed E-state index contributed by atoms with van der Waals surface area (Å²) in [5.74, 6) is 5.15. The maximum absolute atomic E-state index is 3.90. The number of hydrogen-bond donors (Lipinski definition) is 1. The standard InChI is InChI=1S/C26H37N/c1-16-12-18-8-5-6-10-21(18)24(16)26(3,4)25-17(2)13-20-14-19-9-7-11-27-23(19)15-22(20)25/h5-6,8,10,12,17,19-20,22-25,27H,7,9,11,13-15H2,1-4H3. The van der Waals surface area contributed by atoms with Crippen LogP contribution >= 0.6 is 0 Å². The van der Waals surface area contributed by atoms with E-state index in [2.05, 4.69) is 63.4 Å². The third-order valence-electron chi connectivity index (χ3n) is 8.96. The number of piperidine rings is 1. The number of hydrogen-bond acceptors (Lipinski definition) is 1. The van der Waals surface area contributed by atoms with Crippen LogP contribution in [-0.4, -0.2) is 12.6 Å². The summed E-state index contributed by atoms with van der Waals surface area (Å²) in [6, 6.07) is 9.95. The fourth-order valence-corrected chi connectivity index (χ4v) is 8.33. The van der Waals surface area contributed by atoms with Crippen LogP contribution in [0.2, 0.25) is 0 Å². The van der Waals surface area contributed by atoms with Gasteiger partial charge in [-0.2, -0.15) is 0 Å². The fraction of sp³-hybridized carbons (Fsp3) is 0.692. The normalized spacial score (nSPS) is 40.9. The number of rotatable bonds is 2. The first-order valence-electron chi connectivity index (χ1n) is 11.5. The molecule has 1 saturated heterocycles. The van der Waals surface area contributed by atoms with E-state index < -0.39 is 0 Å². The highest BCUT2D eigenvalue weighted by atomic mass is 14.9. The Balaban J connectivity index is 1.47. The molecule has 27 heavy (non-hydrogen) atoms. The quantitative estimate of drug-likeness (QED) is 0.653. The summed E-state index contributed by atoms with van der Waals surface area (Å²) < 4.78 is 0. The van der Waals surface area contributed by atoms with Gasteiger partial charge in [-0.15, -0.1) is 0 Å². The van der Waals surface area contributed by atoms with Crippen molar-refractivity contribution < 1.29 is 0 Å². The second kappa shape index (κ2) is 6.48. The summed E-state index contributed by atoms with van der Waals surface area (Å²) in [6.07, 6.45) is 9.73. The highest BCUT2D eigenvalue weighted by Crippen LogP contribution is 2.62. The van der Waals surface area contributed by atoms with Gasteiger partial charge < -0.3 is 5.32 Å². The van der Waals surface area contributed by atoms with E-state index in [1.54, 1.807) is 11.1 Å². The van der Waals surface area contributed by atoms with Crippen molar-refractivity contribution in [3.8, 4) is 0 Å². The monoisotopic (exact) mass is 363 g/mol. The lowest BCUT2D eigenvalue weighted by Gasteiger charge is -2.49. The van der Waals surface area contributed by atoms with Crippen molar-refractivity contribution in [3.05, 3.63) is 41.0 Å². The Kier molecular flexibility index (Phi) is 4.31. The van der Waals surface area contributed by atoms with Gasteiger partial charge >= 0.3 is 0 Å². The van der Waals surface area contributed by atoms with Crippen LogP contribution in [0.3, 0.4) is 0 Å². The number of fused-ring (bicyclic) bond motifs is 3. The second-order valence-electron chi connectivity index (χ2n) is 10.9. The molecule has 1 aliphatic heterocycles. The van der Waals surface area contributed by atoms with E-state index >= 15 is 0 Å². The van der Waals surface area contributed by atoms with Gasteiger partial charge in [0.15, 0.2) is 0 Å². The summed E-state index contributed by atoms with van der Waals surface area (Å²) in [5.41, 5.74) is 4.96. The molecule has 1 nitrogen and oxygen atoms in total. The van der Waals surface area contributed by atoms with Gasteiger partial charge in [-0.1, -0.05) is 56.7 Å². The maximum atomic E-state index is 3.90. The van der Waals surface area contributed by atoms with Gasteiger partial charge in [0.25, 0.3) is 0 Å². The van der Waals surface area contributed by atoms with Gasteiger partial charge in [-0.25, -0.2) is 0 Å². The van der Waals surface area contributed by atoms with E-state index in [1.807, 2.05) is 0 Å². The maximum Gasteiger partial charge on any atom is 0.0109 e. The van der Waals surface area contributed by atoms with Crippen molar-refractivity contribution in [1.29, 1.82) is 0 Å². The van der Waals surface area contributed by atoms with Crippen LogP contribution in [0.15, 0.2) is 29.8 Å². The zero-order valence-corrected chi connectivity index (χ0v) is 17.7. The number of allylic oxidation sites excluding steroid dienone is 1. The average Bonchev–Trinajstić information content (AvgIpc) is 3.14. The molecule has 0 spiro atoms. The van der Waals surface area contributed by atoms with Crippen LogP contribution in [0.5, 0.6) is 0 Å². The molecule has 7 atom stereocenters. The number of nitrogens with one attached hydrogen (secondary N) is 1. The zero-order valence-electron chi connectivity index (χ0n) is 17.7. The molecule has 2 saturated carbocycles. The number of benzene rings is 1. The summed E-state index contributed by atoms with van der Waals surface area (Å²) >= 11 is 0. The zero-order chi connectivity index (χ0) is 18.8. The van der Waals surface area contributed by atoms with Crippen LogP contribution < -0.4 is 5.32 Å². The molecule has 5 rings (SSSR count). The Morgan fingerprint density at radius 1 is 1.04 bits per heavy atom. The van der Waals surface area contributed by atoms with E-state index in [4.69, 9.17) is 0 Å². The minimum Gasteiger partial charge on any atom is -0.314 e. The Labute approximate surface area is 166 Å². The molecule has 0 bridgehead atoms. The Morgan fingerprint density at radius 3 is 2.70 bits per heavy atom. The fourth-order valence-electron chi connectivity index (χ4n) is 8.33. The summed E-state index contributed by atoms with van der Waals surface area (Å²) in [5, 5.41) is 3.90. The van der Waals surface area contributed by atoms with Crippen LogP contribution in [-0.2, 0) is 0 Å². The van der Waals surface area contributed by atoms with Crippen molar-refractivity contribution in [3.63, 3.8) is 0 Å². The molecule has 7 unspecified atom stereocenters. The molecular weight excluding hydrogens is 326 g/mol. The average molecular weight is 364 g/mol. The summed E-state index contributed by atoms with van der Waals surface area (Å²) in [6.45, 7) is 11.4. The third kappa shape index (κ3) is 2.76. The first kappa shape index (κ1) is 18.0. The molecule has 0 amide bonds. The molecule has 146 valence electrons. The van der Waals surface area contributed by atoms with Gasteiger partial charge in [0.2, 0.25) is 0 Å². The third-order valence-corrected chi connectivity index (χ3v) is 8.96. The van der Waals surface area contributed by atoms with E-state index in [9.17, 15) is 0 Å². The molecule has 1 aromatic carbocycles. The van der Waals surface area contributed by atoms with Crippen LogP contribution in [0.4, 0.5) is 0 Å². The highest BCUT2D eigenvalue weighted by Gasteiger charge is 2.54. The molecule has 1 N–H and O–H groups in total. The first-order chi connectivity index (χ1) is 13.0. The van der Waals surface area contributed by atoms with E-state index in [0.717, 1.165) is 35.6 Å². The molecule has 1 heterocycles. The van der Waals surface area contributed by atoms with Crippen molar-refractivity contribution in [2.24, 2.45) is 35.0 Å². The smallest absolute Gasteiger partial charge is 0.0109 e. The van der Waals surface area contributed by atoms with Crippen molar-refractivity contribution >= 4 is 6.08 Å². The minimum atomic E-state index is 0.327. The SMILES string of the molecule is CC1=Cc2ccccc2C1C(C)(C)C1C(C)CC2CC3CCCNC3CC21. The molecule has 0 radical (unpaired) electrons. The van der Waals surface area contributed by atoms with E-state index in [1.165, 1.54) is 44.2 Å². The van der Waals surface area contributed by atoms with E-state index in [-0.39, 0.29) is 0 Å². The first-order valence-corrected chi connectivity index (χ1v) is 11.5. The molecule has 4 aliphatic rings. The van der Waals surface area contributed by atoms with Crippen LogP contribution in [0.1, 0.15) is 76.8 Å². The predicted octanol–water partition coefficient (Wildman–Crippen LogP) is 6.26. The lowest BCUT2D eigenvalue weighted by atomic mass is 9.57. The highest BCUT2D eigenvalue weighted by molar-refractivity contribution is 5.66. The Morgan fingerprint density at radius 2 is 1.85 bits per heavy atom. The van der Waals surface area contributed by atoms with Crippen molar-refractivity contribution in [2.45, 2.75) is 71.8 Å². The van der Waals surface area contributed by atoms with Crippen LogP contribution in [0.25, 0.3) is 6.08 Å². The van der Waals surface area contributed by atoms with Gasteiger partial charge in [0.05, 0.1) is 0 Å². The van der Waals surface area contributed by atoms with Gasteiger partial charge in [0.1, 0.15) is 0 Å². The molecule has 0 aromatic heterocycles. The molecule has 3 fully saturated rings. The summed E-state index contributed by atoms with van der Waals surface area (Å²) in [4.78, 5) is 0. The van der Waals surface area contributed by atoms with Gasteiger partial charge in [0, 0.05) is 12.0 Å². The predicted molar refractivity (Wildman–Crippen MR) is 115 cm³/mol. The largest absolute Gasteiger partial charge is 0.314 e. The molecule has 1 heteroatoms. The molecule has 3 aliphatic carbocycles.